The van der Waals surface area contributed by atoms with Gasteiger partial charge in [-0.05, 0) is 36.6 Å². The standard InChI is InChI=1S/C14H22FN/c1-4-5-10-16-14(11(2)3)12-6-8-13(15)9-7-12/h6-9,11,14,16H,4-5,10H2,1-3H3. The summed E-state index contributed by atoms with van der Waals surface area (Å²) in [5, 5.41) is 3.53. The molecule has 0 amide bonds. The van der Waals surface area contributed by atoms with Gasteiger partial charge in [-0.15, -0.1) is 0 Å². The number of hydrogen-bond donors (Lipinski definition) is 1. The highest BCUT2D eigenvalue weighted by Gasteiger charge is 2.14. The van der Waals surface area contributed by atoms with Crippen LogP contribution in [0, 0.1) is 11.7 Å². The number of rotatable bonds is 6. The van der Waals surface area contributed by atoms with Crippen molar-refractivity contribution in [2.75, 3.05) is 6.54 Å². The summed E-state index contributed by atoms with van der Waals surface area (Å²) in [6, 6.07) is 7.14. The van der Waals surface area contributed by atoms with Gasteiger partial charge in [0.1, 0.15) is 5.82 Å². The lowest BCUT2D eigenvalue weighted by Gasteiger charge is -2.23. The van der Waals surface area contributed by atoms with Crippen molar-refractivity contribution in [1.29, 1.82) is 0 Å². The molecule has 1 aromatic rings. The Balaban J connectivity index is 2.65. The van der Waals surface area contributed by atoms with Crippen molar-refractivity contribution in [3.05, 3.63) is 35.6 Å². The van der Waals surface area contributed by atoms with E-state index in [4.69, 9.17) is 0 Å². The third-order valence-corrected chi connectivity index (χ3v) is 2.79. The third kappa shape index (κ3) is 3.93. The van der Waals surface area contributed by atoms with Gasteiger partial charge >= 0.3 is 0 Å². The van der Waals surface area contributed by atoms with Crippen LogP contribution in [0.3, 0.4) is 0 Å². The fraction of sp³-hybridized carbons (Fsp3) is 0.571. The first-order valence-electron chi connectivity index (χ1n) is 6.14. The Labute approximate surface area is 98.1 Å². The molecule has 0 heterocycles. The van der Waals surface area contributed by atoms with Crippen LogP contribution < -0.4 is 5.32 Å². The maximum atomic E-state index is 12.8. The van der Waals surface area contributed by atoms with E-state index in [1.54, 1.807) is 0 Å². The minimum atomic E-state index is -0.167. The summed E-state index contributed by atoms with van der Waals surface area (Å²) in [5.74, 6) is 0.349. The van der Waals surface area contributed by atoms with Gasteiger partial charge < -0.3 is 5.32 Å². The van der Waals surface area contributed by atoms with Crippen LogP contribution in [-0.2, 0) is 0 Å². The van der Waals surface area contributed by atoms with Crippen LogP contribution in [-0.4, -0.2) is 6.54 Å². The van der Waals surface area contributed by atoms with E-state index in [1.807, 2.05) is 12.1 Å². The van der Waals surface area contributed by atoms with E-state index >= 15 is 0 Å². The predicted molar refractivity (Wildman–Crippen MR) is 66.9 cm³/mol. The van der Waals surface area contributed by atoms with E-state index in [2.05, 4.69) is 26.1 Å². The number of halogens is 1. The fourth-order valence-electron chi connectivity index (χ4n) is 1.84. The molecule has 0 spiro atoms. The van der Waals surface area contributed by atoms with E-state index in [0.717, 1.165) is 6.54 Å². The lowest BCUT2D eigenvalue weighted by atomic mass is 9.96. The lowest BCUT2D eigenvalue weighted by molar-refractivity contribution is 0.408. The quantitative estimate of drug-likeness (QED) is 0.721. The monoisotopic (exact) mass is 223 g/mol. The molecule has 1 rings (SSSR count). The first-order valence-corrected chi connectivity index (χ1v) is 6.14. The Morgan fingerprint density at radius 1 is 1.19 bits per heavy atom. The molecule has 2 heteroatoms. The van der Waals surface area contributed by atoms with Crippen LogP contribution in [0.2, 0.25) is 0 Å². The smallest absolute Gasteiger partial charge is 0.123 e. The summed E-state index contributed by atoms with van der Waals surface area (Å²) in [6.07, 6.45) is 2.38. The molecule has 0 aliphatic heterocycles. The molecule has 0 aromatic heterocycles. The van der Waals surface area contributed by atoms with Gasteiger partial charge in [0.05, 0.1) is 0 Å². The molecule has 0 aliphatic rings. The van der Waals surface area contributed by atoms with Gasteiger partial charge in [-0.25, -0.2) is 4.39 Å². The van der Waals surface area contributed by atoms with Gasteiger partial charge in [0, 0.05) is 6.04 Å². The molecule has 1 aromatic carbocycles. The minimum Gasteiger partial charge on any atom is -0.310 e. The van der Waals surface area contributed by atoms with Gasteiger partial charge in [-0.1, -0.05) is 39.3 Å². The van der Waals surface area contributed by atoms with Crippen molar-refractivity contribution in [1.82, 2.24) is 5.32 Å². The summed E-state index contributed by atoms with van der Waals surface area (Å²) >= 11 is 0. The Morgan fingerprint density at radius 3 is 2.31 bits per heavy atom. The van der Waals surface area contributed by atoms with E-state index in [0.29, 0.717) is 12.0 Å². The molecular weight excluding hydrogens is 201 g/mol. The van der Waals surface area contributed by atoms with Gasteiger partial charge in [0.2, 0.25) is 0 Å². The molecule has 0 radical (unpaired) electrons. The van der Waals surface area contributed by atoms with Crippen LogP contribution in [0.1, 0.15) is 45.2 Å². The van der Waals surface area contributed by atoms with E-state index < -0.39 is 0 Å². The van der Waals surface area contributed by atoms with Crippen molar-refractivity contribution >= 4 is 0 Å². The third-order valence-electron chi connectivity index (χ3n) is 2.79. The van der Waals surface area contributed by atoms with Crippen molar-refractivity contribution in [2.24, 2.45) is 5.92 Å². The second-order valence-corrected chi connectivity index (χ2v) is 4.58. The zero-order valence-electron chi connectivity index (χ0n) is 10.5. The Morgan fingerprint density at radius 2 is 1.81 bits per heavy atom. The highest BCUT2D eigenvalue weighted by molar-refractivity contribution is 5.20. The summed E-state index contributed by atoms with van der Waals surface area (Å²) < 4.78 is 12.8. The second kappa shape index (κ2) is 6.64. The average Bonchev–Trinajstić information content (AvgIpc) is 2.26. The molecule has 0 aliphatic carbocycles. The van der Waals surface area contributed by atoms with Gasteiger partial charge in [0.15, 0.2) is 0 Å². The normalized spacial score (nSPS) is 13.1. The Hall–Kier alpha value is -0.890. The Kier molecular flexibility index (Phi) is 5.47. The molecule has 1 unspecified atom stereocenters. The highest BCUT2D eigenvalue weighted by atomic mass is 19.1. The molecule has 0 saturated carbocycles. The number of benzene rings is 1. The maximum absolute atomic E-state index is 12.8. The maximum Gasteiger partial charge on any atom is 0.123 e. The van der Waals surface area contributed by atoms with Crippen LogP contribution in [0.25, 0.3) is 0 Å². The van der Waals surface area contributed by atoms with Crippen molar-refractivity contribution in [3.63, 3.8) is 0 Å². The first-order chi connectivity index (χ1) is 7.65. The number of unbranched alkanes of at least 4 members (excludes halogenated alkanes) is 1. The molecule has 0 bridgehead atoms. The van der Waals surface area contributed by atoms with Crippen LogP contribution in [0.5, 0.6) is 0 Å². The molecular formula is C14H22FN. The van der Waals surface area contributed by atoms with E-state index in [9.17, 15) is 4.39 Å². The molecule has 0 fully saturated rings. The van der Waals surface area contributed by atoms with Crippen molar-refractivity contribution < 1.29 is 4.39 Å². The first kappa shape index (κ1) is 13.2. The van der Waals surface area contributed by atoms with Crippen LogP contribution in [0.15, 0.2) is 24.3 Å². The predicted octanol–water partition coefficient (Wildman–Crippen LogP) is 3.91. The summed E-state index contributed by atoms with van der Waals surface area (Å²) in [7, 11) is 0. The second-order valence-electron chi connectivity index (χ2n) is 4.58. The summed E-state index contributed by atoms with van der Waals surface area (Å²) in [4.78, 5) is 0. The zero-order chi connectivity index (χ0) is 12.0. The Bertz CT molecular complexity index is 292. The molecule has 1 atom stereocenters. The SMILES string of the molecule is CCCCNC(c1ccc(F)cc1)C(C)C. The van der Waals surface area contributed by atoms with Crippen LogP contribution >= 0.6 is 0 Å². The number of nitrogens with one attached hydrogen (secondary N) is 1. The number of hydrogen-bond acceptors (Lipinski definition) is 1. The minimum absolute atomic E-state index is 0.167. The largest absolute Gasteiger partial charge is 0.310 e. The molecule has 16 heavy (non-hydrogen) atoms. The molecule has 90 valence electrons. The van der Waals surface area contributed by atoms with Crippen LogP contribution in [0.4, 0.5) is 4.39 Å². The molecule has 0 saturated heterocycles. The summed E-state index contributed by atoms with van der Waals surface area (Å²) in [6.45, 7) is 7.58. The molecule has 1 nitrogen and oxygen atoms in total. The van der Waals surface area contributed by atoms with Gasteiger partial charge in [0.25, 0.3) is 0 Å². The molecule has 1 N–H and O–H groups in total. The van der Waals surface area contributed by atoms with Crippen molar-refractivity contribution in [2.45, 2.75) is 39.7 Å². The van der Waals surface area contributed by atoms with E-state index in [1.165, 1.54) is 30.5 Å². The fourth-order valence-corrected chi connectivity index (χ4v) is 1.84. The zero-order valence-corrected chi connectivity index (χ0v) is 10.5. The topological polar surface area (TPSA) is 12.0 Å². The highest BCUT2D eigenvalue weighted by Crippen LogP contribution is 2.21. The van der Waals surface area contributed by atoms with E-state index in [-0.39, 0.29) is 5.82 Å². The van der Waals surface area contributed by atoms with Crippen molar-refractivity contribution in [3.8, 4) is 0 Å². The van der Waals surface area contributed by atoms with Gasteiger partial charge in [-0.2, -0.15) is 0 Å². The summed E-state index contributed by atoms with van der Waals surface area (Å²) in [5.41, 5.74) is 1.17. The average molecular weight is 223 g/mol. The van der Waals surface area contributed by atoms with Gasteiger partial charge in [-0.3, -0.25) is 0 Å². The lowest BCUT2D eigenvalue weighted by Crippen LogP contribution is -2.26.